The van der Waals surface area contributed by atoms with Gasteiger partial charge in [0.15, 0.2) is 0 Å². The molecule has 0 atom stereocenters. The Hall–Kier alpha value is -1.35. The second-order valence-electron chi connectivity index (χ2n) is 3.97. The van der Waals surface area contributed by atoms with Gasteiger partial charge in [-0.15, -0.1) is 0 Å². The van der Waals surface area contributed by atoms with E-state index >= 15 is 0 Å². The van der Waals surface area contributed by atoms with Gasteiger partial charge in [0.25, 0.3) is 0 Å². The summed E-state index contributed by atoms with van der Waals surface area (Å²) in [5, 5.41) is 0. The highest BCUT2D eigenvalue weighted by Crippen LogP contribution is 2.08. The first kappa shape index (κ1) is 17.6. The van der Waals surface area contributed by atoms with Gasteiger partial charge in [-0.2, -0.15) is 0 Å². The summed E-state index contributed by atoms with van der Waals surface area (Å²) < 4.78 is 31.2. The molecule has 0 saturated heterocycles. The normalized spacial score (nSPS) is 9.89. The van der Waals surface area contributed by atoms with Crippen LogP contribution in [-0.2, 0) is 10.1 Å². The van der Waals surface area contributed by atoms with Gasteiger partial charge in [0, 0.05) is 6.42 Å². The Morgan fingerprint density at radius 1 is 1.21 bits per heavy atom. The maximum absolute atomic E-state index is 10.4. The number of hydrogen-bond donors (Lipinski definition) is 1. The zero-order valence-electron chi connectivity index (χ0n) is 11.5. The second-order valence-corrected chi connectivity index (χ2v) is 5.35. The molecule has 106 valence electrons. The Morgan fingerprint density at radius 2 is 1.79 bits per heavy atom. The van der Waals surface area contributed by atoms with Gasteiger partial charge in [-0.25, -0.2) is 8.42 Å². The maximum Gasteiger partial charge on any atom is 0.136 e. The number of aryl methyl sites for hydroxylation is 1. The van der Waals surface area contributed by atoms with E-state index in [2.05, 4.69) is 24.5 Å². The van der Waals surface area contributed by atoms with E-state index in [1.807, 2.05) is 6.92 Å². The molecule has 0 amide bonds. The topological polar surface area (TPSA) is 84.8 Å². The zero-order valence-corrected chi connectivity index (χ0v) is 12.3. The highest BCUT2D eigenvalue weighted by Gasteiger charge is 1.97. The van der Waals surface area contributed by atoms with Gasteiger partial charge in [-0.3, -0.25) is 0 Å². The predicted octanol–water partition coefficient (Wildman–Crippen LogP) is 1.32. The third-order valence-electron chi connectivity index (χ3n) is 2.21. The first-order chi connectivity index (χ1) is 8.91. The van der Waals surface area contributed by atoms with Gasteiger partial charge in [0.2, 0.25) is 0 Å². The first-order valence-corrected chi connectivity index (χ1v) is 7.60. The summed E-state index contributed by atoms with van der Waals surface area (Å²) in [6.07, 6.45) is 3.52. The molecular weight excluding hydrogens is 262 g/mol. The molecule has 19 heavy (non-hydrogen) atoms. The first-order valence-electron chi connectivity index (χ1n) is 6.19. The van der Waals surface area contributed by atoms with Crippen molar-refractivity contribution in [3.05, 3.63) is 29.8 Å². The lowest BCUT2D eigenvalue weighted by Gasteiger charge is -2.05. The van der Waals surface area contributed by atoms with E-state index in [-0.39, 0.29) is 4.90 Å². The molecule has 3 N–H and O–H groups in total. The van der Waals surface area contributed by atoms with Crippen LogP contribution >= 0.6 is 0 Å². The van der Waals surface area contributed by atoms with Crippen LogP contribution in [0.3, 0.4) is 0 Å². The summed E-state index contributed by atoms with van der Waals surface area (Å²) >= 11 is 0. The molecule has 0 spiro atoms. The van der Waals surface area contributed by atoms with Crippen LogP contribution < -0.4 is 5.73 Å². The van der Waals surface area contributed by atoms with E-state index in [1.165, 1.54) is 25.0 Å². The fourth-order valence-corrected chi connectivity index (χ4v) is 1.62. The molecule has 0 radical (unpaired) electrons. The van der Waals surface area contributed by atoms with E-state index in [9.17, 15) is 13.0 Å². The SMILES string of the molecule is CCCCC#CC[NH3+].Cc1ccc(S(=O)(=O)[O-])cc1. The van der Waals surface area contributed by atoms with Crippen molar-refractivity contribution in [3.8, 4) is 11.8 Å². The second kappa shape index (κ2) is 9.56. The molecule has 0 bridgehead atoms. The summed E-state index contributed by atoms with van der Waals surface area (Å²) in [7, 11) is -4.27. The van der Waals surface area contributed by atoms with Crippen molar-refractivity contribution in [2.45, 2.75) is 38.0 Å². The monoisotopic (exact) mass is 283 g/mol. The molecule has 0 aromatic heterocycles. The number of benzene rings is 1. The van der Waals surface area contributed by atoms with Crippen molar-refractivity contribution in [1.82, 2.24) is 0 Å². The summed E-state index contributed by atoms with van der Waals surface area (Å²) in [5.74, 6) is 5.95. The average Bonchev–Trinajstić information content (AvgIpc) is 2.35. The van der Waals surface area contributed by atoms with E-state index in [0.717, 1.165) is 18.5 Å². The molecule has 0 aliphatic rings. The van der Waals surface area contributed by atoms with E-state index in [4.69, 9.17) is 0 Å². The molecule has 5 heteroatoms. The number of rotatable bonds is 3. The minimum Gasteiger partial charge on any atom is -0.744 e. The van der Waals surface area contributed by atoms with Gasteiger partial charge < -0.3 is 10.3 Å². The summed E-state index contributed by atoms with van der Waals surface area (Å²) in [4.78, 5) is -0.178. The number of unbranched alkanes of at least 4 members (excludes halogenated alkanes) is 2. The lowest BCUT2D eigenvalue weighted by molar-refractivity contribution is -0.349. The van der Waals surface area contributed by atoms with Gasteiger partial charge in [-0.1, -0.05) is 37.0 Å². The van der Waals surface area contributed by atoms with E-state index in [0.29, 0.717) is 0 Å². The van der Waals surface area contributed by atoms with Crippen molar-refractivity contribution in [2.75, 3.05) is 6.54 Å². The third-order valence-corrected chi connectivity index (χ3v) is 3.06. The molecule has 0 aliphatic carbocycles. The molecule has 0 unspecified atom stereocenters. The summed E-state index contributed by atoms with van der Waals surface area (Å²) in [5.41, 5.74) is 4.54. The fourth-order valence-electron chi connectivity index (χ4n) is 1.15. The van der Waals surface area contributed by atoms with Crippen molar-refractivity contribution in [1.29, 1.82) is 0 Å². The van der Waals surface area contributed by atoms with Gasteiger partial charge in [0.1, 0.15) is 16.7 Å². The Labute approximate surface area is 115 Å². The maximum atomic E-state index is 10.4. The predicted molar refractivity (Wildman–Crippen MR) is 74.2 cm³/mol. The highest BCUT2D eigenvalue weighted by molar-refractivity contribution is 7.85. The van der Waals surface area contributed by atoms with Crippen LogP contribution in [-0.4, -0.2) is 19.5 Å². The lowest BCUT2D eigenvalue weighted by atomic mass is 10.2. The molecule has 0 aliphatic heterocycles. The third kappa shape index (κ3) is 9.25. The Bertz CT molecular complexity index is 510. The smallest absolute Gasteiger partial charge is 0.136 e. The van der Waals surface area contributed by atoms with Gasteiger partial charge in [-0.05, 0) is 31.4 Å². The molecule has 1 rings (SSSR count). The molecule has 0 heterocycles. The van der Waals surface area contributed by atoms with Crippen molar-refractivity contribution < 1.29 is 18.7 Å². The van der Waals surface area contributed by atoms with Crippen LogP contribution in [0.1, 0.15) is 31.7 Å². The van der Waals surface area contributed by atoms with Crippen LogP contribution in [0.4, 0.5) is 0 Å². The van der Waals surface area contributed by atoms with Crippen molar-refractivity contribution in [3.63, 3.8) is 0 Å². The molecule has 0 fully saturated rings. The minimum atomic E-state index is -4.27. The lowest BCUT2D eigenvalue weighted by Crippen LogP contribution is -2.49. The fraction of sp³-hybridized carbons (Fsp3) is 0.429. The Balaban J connectivity index is 0.000000362. The molecule has 1 aromatic rings. The summed E-state index contributed by atoms with van der Waals surface area (Å²) in [6.45, 7) is 4.75. The van der Waals surface area contributed by atoms with Crippen molar-refractivity contribution in [2.24, 2.45) is 0 Å². The number of hydrogen-bond acceptors (Lipinski definition) is 3. The summed E-state index contributed by atoms with van der Waals surface area (Å²) in [6, 6.07) is 5.78. The largest absolute Gasteiger partial charge is 0.744 e. The van der Waals surface area contributed by atoms with Crippen LogP contribution in [0, 0.1) is 18.8 Å². The molecule has 4 nitrogen and oxygen atoms in total. The Kier molecular flexibility index (Phi) is 8.88. The number of quaternary nitrogens is 1. The van der Waals surface area contributed by atoms with Gasteiger partial charge >= 0.3 is 0 Å². The van der Waals surface area contributed by atoms with Crippen molar-refractivity contribution >= 4 is 10.1 Å². The zero-order chi connectivity index (χ0) is 14.7. The van der Waals surface area contributed by atoms with E-state index in [1.54, 1.807) is 12.1 Å². The van der Waals surface area contributed by atoms with Crippen LogP contribution in [0.2, 0.25) is 0 Å². The van der Waals surface area contributed by atoms with Gasteiger partial charge in [0.05, 0.1) is 4.90 Å². The van der Waals surface area contributed by atoms with Crippen LogP contribution in [0.25, 0.3) is 0 Å². The molecule has 0 saturated carbocycles. The van der Waals surface area contributed by atoms with Crippen LogP contribution in [0.5, 0.6) is 0 Å². The minimum absolute atomic E-state index is 0.178. The quantitative estimate of drug-likeness (QED) is 0.516. The van der Waals surface area contributed by atoms with E-state index < -0.39 is 10.1 Å². The highest BCUT2D eigenvalue weighted by atomic mass is 32.2. The molecular formula is C14H21NO3S. The average molecular weight is 283 g/mol. The molecule has 1 aromatic carbocycles. The van der Waals surface area contributed by atoms with Crippen LogP contribution in [0.15, 0.2) is 29.2 Å². The Morgan fingerprint density at radius 3 is 2.21 bits per heavy atom. The standard InChI is InChI=1S/C7H13N.C7H8O3S/c1-2-3-4-5-6-7-8;1-6-2-4-7(5-3-6)11(8,9)10/h2-4,7-8H2,1H3;2-5H,1H3,(H,8,9,10).